The zero-order valence-electron chi connectivity index (χ0n) is 7.40. The second-order valence-corrected chi connectivity index (χ2v) is 3.56. The summed E-state index contributed by atoms with van der Waals surface area (Å²) in [5.74, 6) is 0.574. The lowest BCUT2D eigenvalue weighted by Crippen LogP contribution is -2.13. The van der Waals surface area contributed by atoms with Crippen LogP contribution in [0, 0.1) is 0 Å². The maximum Gasteiger partial charge on any atom is 0.134 e. The Hall–Kier alpha value is -1.03. The standard InChI is InChI=1S/C10H10ClNO2/c11-7-1-2-9-6(3-7)4-10(14-9)8(12)5-13/h1-4,8,13H,5,12H2/t8-/m0/s1. The molecule has 0 bridgehead atoms. The fourth-order valence-electron chi connectivity index (χ4n) is 1.31. The molecule has 1 aromatic carbocycles. The van der Waals surface area contributed by atoms with Gasteiger partial charge in [0, 0.05) is 10.4 Å². The van der Waals surface area contributed by atoms with Gasteiger partial charge in [-0.15, -0.1) is 0 Å². The van der Waals surface area contributed by atoms with Crippen LogP contribution in [-0.4, -0.2) is 11.7 Å². The van der Waals surface area contributed by atoms with E-state index in [1.807, 2.05) is 0 Å². The second kappa shape index (κ2) is 3.61. The summed E-state index contributed by atoms with van der Waals surface area (Å²) in [7, 11) is 0. The molecule has 2 aromatic rings. The Kier molecular flexibility index (Phi) is 2.46. The van der Waals surface area contributed by atoms with E-state index in [1.54, 1.807) is 24.3 Å². The topological polar surface area (TPSA) is 59.4 Å². The SMILES string of the molecule is N[C@@H](CO)c1cc2cc(Cl)ccc2o1. The lowest BCUT2D eigenvalue weighted by molar-refractivity contribution is 0.254. The number of fused-ring (bicyclic) bond motifs is 1. The van der Waals surface area contributed by atoms with Crippen molar-refractivity contribution >= 4 is 22.6 Å². The van der Waals surface area contributed by atoms with Crippen LogP contribution in [0.25, 0.3) is 11.0 Å². The Labute approximate surface area is 86.1 Å². The fourth-order valence-corrected chi connectivity index (χ4v) is 1.49. The molecule has 0 aliphatic carbocycles. The van der Waals surface area contributed by atoms with Gasteiger partial charge in [-0.1, -0.05) is 11.6 Å². The van der Waals surface area contributed by atoms with E-state index in [0.717, 1.165) is 11.0 Å². The van der Waals surface area contributed by atoms with Gasteiger partial charge in [0.15, 0.2) is 0 Å². The monoisotopic (exact) mass is 211 g/mol. The van der Waals surface area contributed by atoms with Crippen LogP contribution in [0.3, 0.4) is 0 Å². The van der Waals surface area contributed by atoms with Gasteiger partial charge in [0.25, 0.3) is 0 Å². The maximum absolute atomic E-state index is 8.86. The van der Waals surface area contributed by atoms with E-state index in [9.17, 15) is 0 Å². The normalized spacial score (nSPS) is 13.4. The van der Waals surface area contributed by atoms with Crippen LogP contribution < -0.4 is 5.73 Å². The number of rotatable bonds is 2. The summed E-state index contributed by atoms with van der Waals surface area (Å²) >= 11 is 5.82. The predicted octanol–water partition coefficient (Wildman–Crippen LogP) is 2.08. The third-order valence-corrected chi connectivity index (χ3v) is 2.29. The van der Waals surface area contributed by atoms with E-state index in [0.29, 0.717) is 10.8 Å². The first-order chi connectivity index (χ1) is 6.70. The zero-order chi connectivity index (χ0) is 10.1. The molecule has 1 aromatic heterocycles. The number of halogens is 1. The van der Waals surface area contributed by atoms with Gasteiger partial charge in [-0.3, -0.25) is 0 Å². The first kappa shape index (κ1) is 9.52. The first-order valence-electron chi connectivity index (χ1n) is 4.26. The molecule has 2 rings (SSSR count). The second-order valence-electron chi connectivity index (χ2n) is 3.12. The minimum atomic E-state index is -0.471. The van der Waals surface area contributed by atoms with Crippen molar-refractivity contribution in [3.8, 4) is 0 Å². The number of hydrogen-bond acceptors (Lipinski definition) is 3. The summed E-state index contributed by atoms with van der Waals surface area (Å²) in [4.78, 5) is 0. The molecule has 0 saturated heterocycles. The quantitative estimate of drug-likeness (QED) is 0.800. The molecular formula is C10H10ClNO2. The number of benzene rings is 1. The van der Waals surface area contributed by atoms with Crippen LogP contribution in [0.1, 0.15) is 11.8 Å². The highest BCUT2D eigenvalue weighted by Gasteiger charge is 2.10. The molecule has 0 saturated carbocycles. The summed E-state index contributed by atoms with van der Waals surface area (Å²) in [6.45, 7) is -0.131. The van der Waals surface area contributed by atoms with Crippen molar-refractivity contribution in [2.45, 2.75) is 6.04 Å². The molecule has 0 unspecified atom stereocenters. The number of hydrogen-bond donors (Lipinski definition) is 2. The summed E-state index contributed by atoms with van der Waals surface area (Å²) in [6.07, 6.45) is 0. The Morgan fingerprint density at radius 2 is 2.21 bits per heavy atom. The van der Waals surface area contributed by atoms with E-state index >= 15 is 0 Å². The largest absolute Gasteiger partial charge is 0.459 e. The molecular weight excluding hydrogens is 202 g/mol. The molecule has 0 radical (unpaired) electrons. The van der Waals surface area contributed by atoms with Crippen LogP contribution >= 0.6 is 11.6 Å². The molecule has 14 heavy (non-hydrogen) atoms. The van der Waals surface area contributed by atoms with Crippen molar-refractivity contribution in [1.82, 2.24) is 0 Å². The van der Waals surface area contributed by atoms with Crippen LogP contribution in [-0.2, 0) is 0 Å². The molecule has 1 atom stereocenters. The fraction of sp³-hybridized carbons (Fsp3) is 0.200. The minimum absolute atomic E-state index is 0.131. The third-order valence-electron chi connectivity index (χ3n) is 2.06. The molecule has 0 amide bonds. The third kappa shape index (κ3) is 1.62. The van der Waals surface area contributed by atoms with E-state index < -0.39 is 6.04 Å². The highest BCUT2D eigenvalue weighted by atomic mass is 35.5. The molecule has 0 spiro atoms. The van der Waals surface area contributed by atoms with Gasteiger partial charge < -0.3 is 15.3 Å². The Bertz CT molecular complexity index is 452. The minimum Gasteiger partial charge on any atom is -0.459 e. The van der Waals surface area contributed by atoms with E-state index in [2.05, 4.69) is 0 Å². The van der Waals surface area contributed by atoms with Crippen molar-refractivity contribution in [3.05, 3.63) is 35.0 Å². The van der Waals surface area contributed by atoms with E-state index in [1.165, 1.54) is 0 Å². The van der Waals surface area contributed by atoms with Gasteiger partial charge in [-0.2, -0.15) is 0 Å². The lowest BCUT2D eigenvalue weighted by Gasteiger charge is -2.01. The molecule has 3 nitrogen and oxygen atoms in total. The number of furan rings is 1. The smallest absolute Gasteiger partial charge is 0.134 e. The molecule has 0 aliphatic rings. The van der Waals surface area contributed by atoms with Crippen molar-refractivity contribution in [3.63, 3.8) is 0 Å². The lowest BCUT2D eigenvalue weighted by atomic mass is 10.2. The zero-order valence-corrected chi connectivity index (χ0v) is 8.16. The molecule has 0 aliphatic heterocycles. The average molecular weight is 212 g/mol. The Balaban J connectivity index is 2.51. The van der Waals surface area contributed by atoms with Gasteiger partial charge in [-0.25, -0.2) is 0 Å². The average Bonchev–Trinajstić information content (AvgIpc) is 2.59. The van der Waals surface area contributed by atoms with Gasteiger partial charge in [0.1, 0.15) is 11.3 Å². The maximum atomic E-state index is 8.86. The van der Waals surface area contributed by atoms with Crippen molar-refractivity contribution in [1.29, 1.82) is 0 Å². The van der Waals surface area contributed by atoms with Crippen molar-refractivity contribution in [2.24, 2.45) is 5.73 Å². The highest BCUT2D eigenvalue weighted by molar-refractivity contribution is 6.31. The van der Waals surface area contributed by atoms with Gasteiger partial charge in [0.05, 0.1) is 12.6 Å². The molecule has 74 valence electrons. The number of nitrogens with two attached hydrogens (primary N) is 1. The predicted molar refractivity (Wildman–Crippen MR) is 55.2 cm³/mol. The van der Waals surface area contributed by atoms with Crippen LogP contribution in [0.2, 0.25) is 5.02 Å². The van der Waals surface area contributed by atoms with E-state index in [4.69, 9.17) is 26.9 Å². The Morgan fingerprint density at radius 1 is 1.43 bits per heavy atom. The van der Waals surface area contributed by atoms with Gasteiger partial charge in [0.2, 0.25) is 0 Å². The van der Waals surface area contributed by atoms with Gasteiger partial charge >= 0.3 is 0 Å². The summed E-state index contributed by atoms with van der Waals surface area (Å²) in [5.41, 5.74) is 6.35. The van der Waals surface area contributed by atoms with Crippen molar-refractivity contribution in [2.75, 3.05) is 6.61 Å². The number of aliphatic hydroxyl groups excluding tert-OH is 1. The van der Waals surface area contributed by atoms with Gasteiger partial charge in [-0.05, 0) is 24.3 Å². The molecule has 3 N–H and O–H groups in total. The van der Waals surface area contributed by atoms with Crippen molar-refractivity contribution < 1.29 is 9.52 Å². The Morgan fingerprint density at radius 3 is 2.93 bits per heavy atom. The summed E-state index contributed by atoms with van der Waals surface area (Å²) in [6, 6.07) is 6.66. The molecule has 0 fully saturated rings. The van der Waals surface area contributed by atoms with Crippen LogP contribution in [0.4, 0.5) is 0 Å². The number of aliphatic hydroxyl groups is 1. The molecule has 1 heterocycles. The first-order valence-corrected chi connectivity index (χ1v) is 4.64. The van der Waals surface area contributed by atoms with Crippen LogP contribution in [0.5, 0.6) is 0 Å². The molecule has 4 heteroatoms. The summed E-state index contributed by atoms with van der Waals surface area (Å²) < 4.78 is 5.43. The van der Waals surface area contributed by atoms with Crippen LogP contribution in [0.15, 0.2) is 28.7 Å². The highest BCUT2D eigenvalue weighted by Crippen LogP contribution is 2.25. The summed E-state index contributed by atoms with van der Waals surface area (Å²) in [5, 5.41) is 10.4. The van der Waals surface area contributed by atoms with E-state index in [-0.39, 0.29) is 6.61 Å².